The van der Waals surface area contributed by atoms with Gasteiger partial charge >= 0.3 is 0 Å². The van der Waals surface area contributed by atoms with E-state index in [1.807, 2.05) is 6.07 Å². The SMILES string of the molecule is COc1ccc(/C=C(\C#N)C(N)=S)cc1OC. The molecular weight excluding hydrogens is 236 g/mol. The van der Waals surface area contributed by atoms with Gasteiger partial charge in [0.05, 0.1) is 19.8 Å². The third kappa shape index (κ3) is 3.20. The van der Waals surface area contributed by atoms with Crippen LogP contribution in [-0.2, 0) is 0 Å². The highest BCUT2D eigenvalue weighted by molar-refractivity contribution is 7.80. The molecule has 1 aromatic carbocycles. The van der Waals surface area contributed by atoms with Crippen LogP contribution in [-0.4, -0.2) is 19.2 Å². The van der Waals surface area contributed by atoms with Crippen LogP contribution in [0, 0.1) is 11.3 Å². The number of nitrogens with zero attached hydrogens (tertiary/aromatic N) is 1. The van der Waals surface area contributed by atoms with E-state index in [9.17, 15) is 0 Å². The summed E-state index contributed by atoms with van der Waals surface area (Å²) in [6.45, 7) is 0. The summed E-state index contributed by atoms with van der Waals surface area (Å²) in [5, 5.41) is 8.84. The maximum atomic E-state index is 8.84. The zero-order chi connectivity index (χ0) is 12.8. The van der Waals surface area contributed by atoms with Crippen molar-refractivity contribution < 1.29 is 9.47 Å². The fourth-order valence-corrected chi connectivity index (χ4v) is 1.37. The van der Waals surface area contributed by atoms with Crippen molar-refractivity contribution in [2.75, 3.05) is 14.2 Å². The Labute approximate surface area is 105 Å². The molecule has 0 heterocycles. The molecule has 1 aromatic rings. The fourth-order valence-electron chi connectivity index (χ4n) is 1.27. The Morgan fingerprint density at radius 2 is 2.00 bits per heavy atom. The molecule has 0 saturated carbocycles. The second kappa shape index (κ2) is 5.87. The van der Waals surface area contributed by atoms with Gasteiger partial charge in [-0.25, -0.2) is 0 Å². The van der Waals surface area contributed by atoms with Gasteiger partial charge in [0.25, 0.3) is 0 Å². The van der Waals surface area contributed by atoms with E-state index in [-0.39, 0.29) is 10.6 Å². The summed E-state index contributed by atoms with van der Waals surface area (Å²) in [6.07, 6.45) is 1.60. The zero-order valence-electron chi connectivity index (χ0n) is 9.56. The minimum atomic E-state index is 0.0716. The van der Waals surface area contributed by atoms with E-state index < -0.39 is 0 Å². The Morgan fingerprint density at radius 1 is 1.35 bits per heavy atom. The highest BCUT2D eigenvalue weighted by Gasteiger charge is 2.05. The molecule has 5 heteroatoms. The van der Waals surface area contributed by atoms with Crippen LogP contribution in [0.4, 0.5) is 0 Å². The maximum Gasteiger partial charge on any atom is 0.161 e. The largest absolute Gasteiger partial charge is 0.493 e. The summed E-state index contributed by atoms with van der Waals surface area (Å²) in [5.74, 6) is 1.21. The first-order chi connectivity index (χ1) is 8.12. The van der Waals surface area contributed by atoms with Crippen LogP contribution >= 0.6 is 12.2 Å². The number of hydrogen-bond donors (Lipinski definition) is 1. The van der Waals surface area contributed by atoms with Crippen LogP contribution in [0.25, 0.3) is 6.08 Å². The van der Waals surface area contributed by atoms with Gasteiger partial charge in [0, 0.05) is 0 Å². The number of nitrogens with two attached hydrogens (primary N) is 1. The summed E-state index contributed by atoms with van der Waals surface area (Å²) in [6, 6.07) is 7.22. The summed E-state index contributed by atoms with van der Waals surface area (Å²) in [5.41, 5.74) is 6.43. The lowest BCUT2D eigenvalue weighted by atomic mass is 10.1. The fraction of sp³-hybridized carbons (Fsp3) is 0.167. The van der Waals surface area contributed by atoms with Gasteiger partial charge in [-0.1, -0.05) is 18.3 Å². The molecule has 0 aliphatic heterocycles. The molecule has 0 radical (unpaired) electrons. The smallest absolute Gasteiger partial charge is 0.161 e. The number of nitriles is 1. The molecule has 1 rings (SSSR count). The Kier molecular flexibility index (Phi) is 4.49. The van der Waals surface area contributed by atoms with Crippen molar-refractivity contribution in [2.24, 2.45) is 5.73 Å². The third-order valence-electron chi connectivity index (χ3n) is 2.10. The molecule has 0 spiro atoms. The second-order valence-electron chi connectivity index (χ2n) is 3.15. The topological polar surface area (TPSA) is 68.3 Å². The summed E-state index contributed by atoms with van der Waals surface area (Å²) >= 11 is 4.76. The number of rotatable bonds is 4. The van der Waals surface area contributed by atoms with Crippen molar-refractivity contribution in [2.45, 2.75) is 0 Å². The van der Waals surface area contributed by atoms with Crippen LogP contribution in [0.1, 0.15) is 5.56 Å². The molecule has 0 unspecified atom stereocenters. The van der Waals surface area contributed by atoms with Crippen molar-refractivity contribution >= 4 is 23.3 Å². The average Bonchev–Trinajstić information content (AvgIpc) is 2.35. The maximum absolute atomic E-state index is 8.84. The lowest BCUT2D eigenvalue weighted by molar-refractivity contribution is 0.355. The van der Waals surface area contributed by atoms with Crippen LogP contribution in [0.5, 0.6) is 11.5 Å². The van der Waals surface area contributed by atoms with Crippen LogP contribution in [0.2, 0.25) is 0 Å². The molecule has 0 saturated heterocycles. The minimum Gasteiger partial charge on any atom is -0.493 e. The summed E-state index contributed by atoms with van der Waals surface area (Å²) in [7, 11) is 3.10. The van der Waals surface area contributed by atoms with E-state index in [0.29, 0.717) is 11.5 Å². The normalized spacial score (nSPS) is 10.5. The average molecular weight is 248 g/mol. The van der Waals surface area contributed by atoms with E-state index in [1.165, 1.54) is 0 Å². The number of benzene rings is 1. The van der Waals surface area contributed by atoms with E-state index >= 15 is 0 Å². The summed E-state index contributed by atoms with van der Waals surface area (Å²) in [4.78, 5) is 0.0716. The van der Waals surface area contributed by atoms with Gasteiger partial charge < -0.3 is 15.2 Å². The number of ether oxygens (including phenoxy) is 2. The molecule has 0 aliphatic carbocycles. The van der Waals surface area contributed by atoms with E-state index in [1.54, 1.807) is 38.5 Å². The lowest BCUT2D eigenvalue weighted by Gasteiger charge is -2.07. The monoisotopic (exact) mass is 248 g/mol. The van der Waals surface area contributed by atoms with Gasteiger partial charge in [0.2, 0.25) is 0 Å². The predicted octanol–water partition coefficient (Wildman–Crippen LogP) is 1.90. The predicted molar refractivity (Wildman–Crippen MR) is 69.9 cm³/mol. The highest BCUT2D eigenvalue weighted by atomic mass is 32.1. The molecule has 0 fully saturated rings. The van der Waals surface area contributed by atoms with Crippen molar-refractivity contribution in [3.05, 3.63) is 29.3 Å². The molecule has 0 aliphatic rings. The molecule has 0 aromatic heterocycles. The first-order valence-electron chi connectivity index (χ1n) is 4.76. The number of hydrogen-bond acceptors (Lipinski definition) is 4. The van der Waals surface area contributed by atoms with E-state index in [0.717, 1.165) is 5.56 Å². The Bertz CT molecular complexity index is 504. The molecular formula is C12H12N2O2S. The quantitative estimate of drug-likeness (QED) is 0.500. The number of methoxy groups -OCH3 is 2. The summed E-state index contributed by atoms with van der Waals surface area (Å²) < 4.78 is 10.3. The Morgan fingerprint density at radius 3 is 2.47 bits per heavy atom. The number of thiocarbonyl (C=S) groups is 1. The first kappa shape index (κ1) is 13.0. The van der Waals surface area contributed by atoms with Crippen LogP contribution in [0.15, 0.2) is 23.8 Å². The van der Waals surface area contributed by atoms with Crippen molar-refractivity contribution in [1.82, 2.24) is 0 Å². The zero-order valence-corrected chi connectivity index (χ0v) is 10.4. The first-order valence-corrected chi connectivity index (χ1v) is 5.16. The highest BCUT2D eigenvalue weighted by Crippen LogP contribution is 2.28. The van der Waals surface area contributed by atoms with Gasteiger partial charge in [0.15, 0.2) is 11.5 Å². The standard InChI is InChI=1S/C12H12N2O2S/c1-15-10-4-3-8(6-11(10)16-2)5-9(7-13)12(14)17/h3-6H,1-2H3,(H2,14,17)/b9-5+. The lowest BCUT2D eigenvalue weighted by Crippen LogP contribution is -2.09. The Hall–Kier alpha value is -2.06. The van der Waals surface area contributed by atoms with Crippen LogP contribution < -0.4 is 15.2 Å². The second-order valence-corrected chi connectivity index (χ2v) is 3.59. The third-order valence-corrected chi connectivity index (χ3v) is 2.32. The van der Waals surface area contributed by atoms with Gasteiger partial charge in [-0.2, -0.15) is 5.26 Å². The molecule has 0 bridgehead atoms. The van der Waals surface area contributed by atoms with E-state index in [4.69, 9.17) is 32.7 Å². The Balaban J connectivity index is 3.17. The molecule has 4 nitrogen and oxygen atoms in total. The van der Waals surface area contributed by atoms with Gasteiger partial charge in [-0.15, -0.1) is 0 Å². The van der Waals surface area contributed by atoms with Crippen molar-refractivity contribution in [3.8, 4) is 17.6 Å². The minimum absolute atomic E-state index is 0.0716. The van der Waals surface area contributed by atoms with Crippen molar-refractivity contribution in [3.63, 3.8) is 0 Å². The molecule has 0 amide bonds. The molecule has 88 valence electrons. The molecule has 17 heavy (non-hydrogen) atoms. The molecule has 0 atom stereocenters. The van der Waals surface area contributed by atoms with E-state index in [2.05, 4.69) is 0 Å². The van der Waals surface area contributed by atoms with Crippen molar-refractivity contribution in [1.29, 1.82) is 5.26 Å². The van der Waals surface area contributed by atoms with Gasteiger partial charge in [-0.05, 0) is 23.8 Å². The van der Waals surface area contributed by atoms with Crippen LogP contribution in [0.3, 0.4) is 0 Å². The van der Waals surface area contributed by atoms with Gasteiger partial charge in [-0.3, -0.25) is 0 Å². The van der Waals surface area contributed by atoms with Gasteiger partial charge in [0.1, 0.15) is 11.1 Å². The molecule has 2 N–H and O–H groups in total.